The highest BCUT2D eigenvalue weighted by atomic mass is 35.7. The van der Waals surface area contributed by atoms with E-state index in [9.17, 15) is 5.11 Å². The van der Waals surface area contributed by atoms with Gasteiger partial charge in [0.15, 0.2) is 5.71 Å². The van der Waals surface area contributed by atoms with Crippen LogP contribution in [0.2, 0.25) is 0 Å². The highest BCUT2D eigenvalue weighted by molar-refractivity contribution is 6.05. The van der Waals surface area contributed by atoms with Gasteiger partial charge in [0.25, 0.3) is 0 Å². The topological polar surface area (TPSA) is 131 Å². The smallest absolute Gasteiger partial charge is 0.219 e. The van der Waals surface area contributed by atoms with Crippen molar-refractivity contribution < 1.29 is 47.9 Å². The summed E-state index contributed by atoms with van der Waals surface area (Å²) in [5.74, 6) is 0.804. The summed E-state index contributed by atoms with van der Waals surface area (Å²) < 4.78 is 44.0. The molecule has 0 fully saturated rings. The van der Waals surface area contributed by atoms with Crippen LogP contribution >= 0.6 is 0 Å². The molecule has 0 unspecified atom stereocenters. The van der Waals surface area contributed by atoms with Gasteiger partial charge in [0.05, 0.1) is 12.5 Å². The van der Waals surface area contributed by atoms with E-state index in [-0.39, 0.29) is 11.2 Å². The molecule has 8 nitrogen and oxygen atoms in total. The molecule has 0 atom stereocenters. The number of nitrogens with zero attached hydrogens (tertiary/aromatic N) is 2. The van der Waals surface area contributed by atoms with Crippen LogP contribution in [-0.2, 0) is 5.41 Å². The quantitative estimate of drug-likeness (QED) is 0.182. The van der Waals surface area contributed by atoms with Gasteiger partial charge in [-0.3, -0.25) is 0 Å². The van der Waals surface area contributed by atoms with E-state index in [4.69, 9.17) is 23.4 Å². The van der Waals surface area contributed by atoms with Crippen molar-refractivity contribution in [2.45, 2.75) is 19.3 Å². The number of benzene rings is 6. The van der Waals surface area contributed by atoms with Crippen LogP contribution in [0.3, 0.4) is 0 Å². The van der Waals surface area contributed by atoms with Crippen LogP contribution in [0.5, 0.6) is 11.5 Å². The Balaban J connectivity index is 0.000000966. The molecule has 1 aliphatic rings. The Morgan fingerprint density at radius 3 is 1.59 bits per heavy atom. The first-order valence-electron chi connectivity index (χ1n) is 18.6. The lowest BCUT2D eigenvalue weighted by molar-refractivity contribution is -2.00. The number of pyridine rings is 1. The second-order valence-electron chi connectivity index (χ2n) is 14.4. The highest BCUT2D eigenvalue weighted by Crippen LogP contribution is 2.40. The summed E-state index contributed by atoms with van der Waals surface area (Å²) in [6.07, 6.45) is 4.14. The predicted molar refractivity (Wildman–Crippen MR) is 215 cm³/mol. The molecular weight excluding hydrogens is 748 g/mol. The Kier molecular flexibility index (Phi) is 11.4. The van der Waals surface area contributed by atoms with Gasteiger partial charge in [0.2, 0.25) is 22.8 Å². The van der Waals surface area contributed by atoms with Crippen LogP contribution in [0, 0.1) is 10.2 Å². The summed E-state index contributed by atoms with van der Waals surface area (Å²) in [7, 11) is -1.15. The Morgan fingerprint density at radius 2 is 1.07 bits per heavy atom. The molecule has 0 saturated heterocycles. The molecule has 0 aliphatic carbocycles. The number of methoxy groups -OCH3 is 1. The lowest BCUT2D eigenvalue weighted by atomic mass is 9.81. The Morgan fingerprint density at radius 1 is 0.569 bits per heavy atom. The average Bonchev–Trinajstić information content (AvgIpc) is 3.43. The SMILES string of the molecule is COc1ccc(-c2cc(-c3ccccc3)[n+](-c3cc(/C=C\C4=[N+](C)c5ccccc5C4(C)C)c([O-])c(-c4ccccc4)c3)c(-c3ccccc3)c2)cc1.[O-][Cl+3]([O-])([O-])[O-]. The van der Waals surface area contributed by atoms with Crippen molar-refractivity contribution in [1.82, 2.24) is 0 Å². The molecule has 0 radical (unpaired) electrons. The first kappa shape index (κ1) is 39.8. The zero-order chi connectivity index (χ0) is 41.0. The molecule has 1 aliphatic heterocycles. The molecule has 0 N–H and O–H groups in total. The number of halogens is 1. The zero-order valence-corrected chi connectivity index (χ0v) is 33.2. The predicted octanol–water partition coefficient (Wildman–Crippen LogP) is 5.68. The number of para-hydroxylation sites is 1. The van der Waals surface area contributed by atoms with Gasteiger partial charge in [-0.05, 0) is 84.1 Å². The Bertz CT molecular complexity index is 2550. The van der Waals surface area contributed by atoms with Gasteiger partial charge in [-0.15, -0.1) is 10.2 Å². The van der Waals surface area contributed by atoms with Gasteiger partial charge in [0, 0.05) is 53.1 Å². The van der Waals surface area contributed by atoms with Gasteiger partial charge >= 0.3 is 0 Å². The number of ether oxygens (including phenoxy) is 1. The number of hydrogen-bond donors (Lipinski definition) is 0. The van der Waals surface area contributed by atoms with E-state index in [1.54, 1.807) is 7.11 Å². The van der Waals surface area contributed by atoms with Gasteiger partial charge in [-0.2, -0.15) is 9.14 Å². The molecule has 2 heterocycles. The van der Waals surface area contributed by atoms with Crippen LogP contribution in [0.1, 0.15) is 25.0 Å². The first-order chi connectivity index (χ1) is 27.8. The molecule has 0 bridgehead atoms. The van der Waals surface area contributed by atoms with E-state index < -0.39 is 10.2 Å². The third kappa shape index (κ3) is 8.47. The average molecular weight is 789 g/mol. The minimum Gasteiger partial charge on any atom is -0.872 e. The molecular formula is C49H41ClN2O6. The van der Waals surface area contributed by atoms with Crippen LogP contribution in [0.4, 0.5) is 5.69 Å². The third-order valence-corrected chi connectivity index (χ3v) is 10.4. The third-order valence-electron chi connectivity index (χ3n) is 10.4. The number of fused-ring (bicyclic) bond motifs is 1. The molecule has 1 aromatic heterocycles. The van der Waals surface area contributed by atoms with Crippen molar-refractivity contribution >= 4 is 17.5 Å². The minimum atomic E-state index is -4.94. The number of rotatable bonds is 8. The maximum atomic E-state index is 14.5. The summed E-state index contributed by atoms with van der Waals surface area (Å²) in [6.45, 7) is 4.49. The second-order valence-corrected chi connectivity index (χ2v) is 15.1. The fourth-order valence-corrected chi connectivity index (χ4v) is 7.66. The van der Waals surface area contributed by atoms with Crippen molar-refractivity contribution in [1.29, 1.82) is 0 Å². The van der Waals surface area contributed by atoms with Crippen LogP contribution in [-0.4, -0.2) is 24.4 Å². The normalized spacial score (nSPS) is 13.2. The number of allylic oxidation sites excluding steroid dienone is 1. The van der Waals surface area contributed by atoms with Crippen LogP contribution < -0.4 is 33.0 Å². The van der Waals surface area contributed by atoms with Gasteiger partial charge < -0.3 is 9.84 Å². The van der Waals surface area contributed by atoms with Crippen molar-refractivity contribution in [3.63, 3.8) is 0 Å². The number of aromatic nitrogens is 1. The van der Waals surface area contributed by atoms with E-state index in [1.807, 2.05) is 66.7 Å². The summed E-state index contributed by atoms with van der Waals surface area (Å²) in [5.41, 5.74) is 12.7. The van der Waals surface area contributed by atoms with Crippen LogP contribution in [0.15, 0.2) is 170 Å². The monoisotopic (exact) mass is 788 g/mol. The fourth-order valence-electron chi connectivity index (χ4n) is 7.66. The first-order valence-corrected chi connectivity index (χ1v) is 19.8. The van der Waals surface area contributed by atoms with Crippen molar-refractivity contribution in [3.05, 3.63) is 181 Å². The molecule has 7 aromatic rings. The largest absolute Gasteiger partial charge is 0.872 e. The molecule has 9 heteroatoms. The molecule has 0 amide bonds. The van der Waals surface area contributed by atoms with Gasteiger partial charge in [-0.25, -0.2) is 18.6 Å². The van der Waals surface area contributed by atoms with E-state index in [1.165, 1.54) is 11.3 Å². The lowest BCUT2D eigenvalue weighted by Crippen LogP contribution is -2.68. The molecule has 58 heavy (non-hydrogen) atoms. The number of hydrogen-bond acceptors (Lipinski definition) is 6. The van der Waals surface area contributed by atoms with E-state index in [2.05, 4.69) is 139 Å². The standard InChI is InChI=1S/C49H41N2O2.ClHO4/c1-49(2)43-22-14-15-23-44(43)50(3)47(49)29-26-38-30-40(33-42(48(38)52)35-16-8-5-9-17-35)51-45(36-18-10-6-11-19-36)31-39(34-24-27-41(53-4)28-25-34)32-46(51)37-20-12-7-13-21-37;2-1(3,4)5/h5-33H,1-4H3;(H,2,3,4,5)/q+1;/p-1. The minimum absolute atomic E-state index is 0.00857. The molecule has 290 valence electrons. The molecule has 6 aromatic carbocycles. The van der Waals surface area contributed by atoms with E-state index >= 15 is 0 Å². The summed E-state index contributed by atoms with van der Waals surface area (Å²) >= 11 is 0. The van der Waals surface area contributed by atoms with Gasteiger partial charge in [0.1, 0.15) is 12.8 Å². The lowest BCUT2D eigenvalue weighted by Gasteiger charge is -2.20. The summed E-state index contributed by atoms with van der Waals surface area (Å²) in [6, 6.07) is 56.2. The highest BCUT2D eigenvalue weighted by Gasteiger charge is 2.42. The summed E-state index contributed by atoms with van der Waals surface area (Å²) in [4.78, 5) is 0. The van der Waals surface area contributed by atoms with Crippen molar-refractivity contribution in [3.8, 4) is 62.0 Å². The molecule has 0 saturated carbocycles. The molecule has 0 spiro atoms. The Labute approximate surface area is 340 Å². The Hall–Kier alpha value is -6.39. The molecule has 8 rings (SSSR count). The van der Waals surface area contributed by atoms with Crippen molar-refractivity contribution in [2.75, 3.05) is 14.2 Å². The van der Waals surface area contributed by atoms with Crippen LogP contribution in [0.25, 0.3) is 56.5 Å². The second kappa shape index (κ2) is 16.6. The maximum absolute atomic E-state index is 14.5. The van der Waals surface area contributed by atoms with Crippen molar-refractivity contribution in [2.24, 2.45) is 0 Å². The summed E-state index contributed by atoms with van der Waals surface area (Å²) in [5, 5.41) is 14.5. The zero-order valence-electron chi connectivity index (χ0n) is 32.5. The van der Waals surface area contributed by atoms with Gasteiger partial charge in [-0.1, -0.05) is 103 Å². The fraction of sp³-hybridized carbons (Fsp3) is 0.102. The van der Waals surface area contributed by atoms with E-state index in [0.717, 1.165) is 56.4 Å². The van der Waals surface area contributed by atoms with E-state index in [0.29, 0.717) is 11.1 Å². The maximum Gasteiger partial charge on any atom is 0.219 e.